The topological polar surface area (TPSA) is 81.4 Å². The maximum absolute atomic E-state index is 13.1. The molecule has 0 radical (unpaired) electrons. The Hall–Kier alpha value is -3.12. The van der Waals surface area contributed by atoms with Crippen LogP contribution in [0.1, 0.15) is 41.3 Å². The first kappa shape index (κ1) is 19.6. The first-order chi connectivity index (χ1) is 13.4. The van der Waals surface area contributed by atoms with E-state index >= 15 is 0 Å². The van der Waals surface area contributed by atoms with Crippen molar-refractivity contribution in [2.75, 3.05) is 6.61 Å². The molecule has 0 spiro atoms. The predicted octanol–water partition coefficient (Wildman–Crippen LogP) is 4.34. The summed E-state index contributed by atoms with van der Waals surface area (Å²) < 4.78 is 6.85. The highest BCUT2D eigenvalue weighted by Crippen LogP contribution is 2.27. The largest absolute Gasteiger partial charge is 0.481 e. The minimum absolute atomic E-state index is 0.200. The van der Waals surface area contributed by atoms with E-state index in [1.165, 1.54) is 10.9 Å². The summed E-state index contributed by atoms with van der Waals surface area (Å²) >= 11 is 6.19. The van der Waals surface area contributed by atoms with Crippen molar-refractivity contribution in [1.82, 2.24) is 9.78 Å². The van der Waals surface area contributed by atoms with Gasteiger partial charge >= 0.3 is 5.97 Å². The highest BCUT2D eigenvalue weighted by Gasteiger charge is 2.19. The fraction of sp³-hybridized carbons (Fsp3) is 0.190. The second-order valence-electron chi connectivity index (χ2n) is 6.55. The van der Waals surface area contributed by atoms with Gasteiger partial charge in [0, 0.05) is 6.20 Å². The van der Waals surface area contributed by atoms with E-state index in [-0.39, 0.29) is 17.5 Å². The number of carboxylic acids is 1. The molecule has 2 aromatic carbocycles. The molecular weight excluding hydrogens is 380 g/mol. The van der Waals surface area contributed by atoms with Crippen molar-refractivity contribution in [2.24, 2.45) is 0 Å². The quantitative estimate of drug-likeness (QED) is 0.598. The highest BCUT2D eigenvalue weighted by molar-refractivity contribution is 6.32. The normalized spacial score (nSPS) is 10.9. The summed E-state index contributed by atoms with van der Waals surface area (Å²) in [5.41, 5.74) is 2.25. The SMILES string of the molecule is CC(C)c1ccc(OCC(=O)O)c(C(=O)c2cnn(-c3ccccc3Cl)c2)c1. The third-order valence-electron chi connectivity index (χ3n) is 4.21. The molecule has 144 valence electrons. The number of aliphatic carboxylic acids is 1. The van der Waals surface area contributed by atoms with E-state index in [9.17, 15) is 9.59 Å². The maximum atomic E-state index is 13.1. The minimum Gasteiger partial charge on any atom is -0.481 e. The lowest BCUT2D eigenvalue weighted by molar-refractivity contribution is -0.139. The first-order valence-corrected chi connectivity index (χ1v) is 9.07. The molecular formula is C21H19ClN2O4. The summed E-state index contributed by atoms with van der Waals surface area (Å²) in [6.07, 6.45) is 3.04. The zero-order valence-electron chi connectivity index (χ0n) is 15.4. The van der Waals surface area contributed by atoms with E-state index in [0.717, 1.165) is 5.56 Å². The Balaban J connectivity index is 1.98. The fourth-order valence-electron chi connectivity index (χ4n) is 2.71. The number of para-hydroxylation sites is 1. The van der Waals surface area contributed by atoms with E-state index < -0.39 is 12.6 Å². The predicted molar refractivity (Wildman–Crippen MR) is 106 cm³/mol. The molecule has 0 amide bonds. The Morgan fingerprint density at radius 2 is 1.96 bits per heavy atom. The number of carboxylic acid groups (broad SMARTS) is 1. The van der Waals surface area contributed by atoms with Gasteiger partial charge in [-0.1, -0.05) is 43.6 Å². The monoisotopic (exact) mass is 398 g/mol. The molecule has 0 saturated heterocycles. The molecule has 3 rings (SSSR count). The Labute approximate surface area is 167 Å². The number of carbonyl (C=O) groups is 2. The molecule has 6 nitrogen and oxygen atoms in total. The zero-order chi connectivity index (χ0) is 20.3. The number of carbonyl (C=O) groups excluding carboxylic acids is 1. The van der Waals surface area contributed by atoms with Crippen LogP contribution in [0.25, 0.3) is 5.69 Å². The number of rotatable bonds is 7. The number of benzene rings is 2. The van der Waals surface area contributed by atoms with E-state index in [2.05, 4.69) is 5.10 Å². The average Bonchev–Trinajstić information content (AvgIpc) is 3.15. The number of hydrogen-bond acceptors (Lipinski definition) is 4. The van der Waals surface area contributed by atoms with Gasteiger partial charge in [0.2, 0.25) is 0 Å². The third kappa shape index (κ3) is 4.23. The van der Waals surface area contributed by atoms with Crippen molar-refractivity contribution in [1.29, 1.82) is 0 Å². The van der Waals surface area contributed by atoms with Crippen molar-refractivity contribution in [2.45, 2.75) is 19.8 Å². The van der Waals surface area contributed by atoms with Crippen molar-refractivity contribution in [3.8, 4) is 11.4 Å². The number of nitrogens with zero attached hydrogens (tertiary/aromatic N) is 2. The molecule has 0 fully saturated rings. The van der Waals surface area contributed by atoms with Crippen molar-refractivity contribution in [3.05, 3.63) is 76.6 Å². The summed E-state index contributed by atoms with van der Waals surface area (Å²) in [7, 11) is 0. The van der Waals surface area contributed by atoms with Gasteiger partial charge in [-0.3, -0.25) is 4.79 Å². The lowest BCUT2D eigenvalue weighted by Crippen LogP contribution is -2.13. The van der Waals surface area contributed by atoms with Gasteiger partial charge in [0.25, 0.3) is 0 Å². The Morgan fingerprint density at radius 1 is 1.21 bits per heavy atom. The van der Waals surface area contributed by atoms with Crippen molar-refractivity contribution >= 4 is 23.4 Å². The molecule has 0 atom stereocenters. The molecule has 1 aromatic heterocycles. The van der Waals surface area contributed by atoms with Gasteiger partial charge in [-0.15, -0.1) is 0 Å². The van der Waals surface area contributed by atoms with Gasteiger partial charge in [0.1, 0.15) is 5.75 Å². The molecule has 0 bridgehead atoms. The molecule has 0 unspecified atom stereocenters. The standard InChI is InChI=1S/C21H19ClN2O4/c1-13(2)14-7-8-19(28-12-20(25)26)16(9-14)21(27)15-10-23-24(11-15)18-6-4-3-5-17(18)22/h3-11,13H,12H2,1-2H3,(H,25,26). The maximum Gasteiger partial charge on any atom is 0.341 e. The summed E-state index contributed by atoms with van der Waals surface area (Å²) in [5, 5.41) is 13.6. The fourth-order valence-corrected chi connectivity index (χ4v) is 2.94. The number of ether oxygens (including phenoxy) is 1. The molecule has 3 aromatic rings. The molecule has 28 heavy (non-hydrogen) atoms. The Bertz CT molecular complexity index is 1030. The van der Waals surface area contributed by atoms with E-state index in [4.69, 9.17) is 21.4 Å². The number of hydrogen-bond donors (Lipinski definition) is 1. The van der Waals surface area contributed by atoms with Crippen LogP contribution in [0.2, 0.25) is 5.02 Å². The van der Waals surface area contributed by atoms with Crippen molar-refractivity contribution in [3.63, 3.8) is 0 Å². The van der Waals surface area contributed by atoms with E-state index in [1.54, 1.807) is 30.5 Å². The summed E-state index contributed by atoms with van der Waals surface area (Å²) in [4.78, 5) is 24.0. The molecule has 0 aliphatic rings. The Morgan fingerprint density at radius 3 is 2.64 bits per heavy atom. The number of ketones is 1. The van der Waals surface area contributed by atoms with Gasteiger partial charge in [-0.25, -0.2) is 9.48 Å². The van der Waals surface area contributed by atoms with E-state index in [1.807, 2.05) is 32.0 Å². The lowest BCUT2D eigenvalue weighted by Gasteiger charge is -2.12. The van der Waals surface area contributed by atoms with E-state index in [0.29, 0.717) is 21.8 Å². The second-order valence-corrected chi connectivity index (χ2v) is 6.95. The van der Waals surface area contributed by atoms with Crippen molar-refractivity contribution < 1.29 is 19.4 Å². The van der Waals surface area contributed by atoms with Crippen LogP contribution >= 0.6 is 11.6 Å². The smallest absolute Gasteiger partial charge is 0.341 e. The zero-order valence-corrected chi connectivity index (χ0v) is 16.2. The highest BCUT2D eigenvalue weighted by atomic mass is 35.5. The molecule has 0 saturated carbocycles. The van der Waals surface area contributed by atoms with Gasteiger partial charge in [0.05, 0.1) is 28.0 Å². The van der Waals surface area contributed by atoms with Crippen LogP contribution in [-0.4, -0.2) is 33.2 Å². The summed E-state index contributed by atoms with van der Waals surface area (Å²) in [5.74, 6) is -0.993. The third-order valence-corrected chi connectivity index (χ3v) is 4.53. The van der Waals surface area contributed by atoms with Crippen LogP contribution in [0.15, 0.2) is 54.9 Å². The van der Waals surface area contributed by atoms with Crippen LogP contribution in [0.4, 0.5) is 0 Å². The summed E-state index contributed by atoms with van der Waals surface area (Å²) in [6, 6.07) is 12.4. The van der Waals surface area contributed by atoms with Crippen LogP contribution in [0.5, 0.6) is 5.75 Å². The Kier molecular flexibility index (Phi) is 5.80. The average molecular weight is 399 g/mol. The van der Waals surface area contributed by atoms with Gasteiger partial charge in [0.15, 0.2) is 12.4 Å². The van der Waals surface area contributed by atoms with Crippen LogP contribution < -0.4 is 4.74 Å². The van der Waals surface area contributed by atoms with Gasteiger partial charge < -0.3 is 9.84 Å². The lowest BCUT2D eigenvalue weighted by atomic mass is 9.97. The second kappa shape index (κ2) is 8.27. The molecule has 1 N–H and O–H groups in total. The molecule has 1 heterocycles. The molecule has 0 aliphatic carbocycles. The van der Waals surface area contributed by atoms with Crippen LogP contribution in [-0.2, 0) is 4.79 Å². The molecule has 7 heteroatoms. The van der Waals surface area contributed by atoms with Crippen LogP contribution in [0, 0.1) is 0 Å². The summed E-state index contributed by atoms with van der Waals surface area (Å²) in [6.45, 7) is 3.49. The number of halogens is 1. The minimum atomic E-state index is -1.11. The van der Waals surface area contributed by atoms with Gasteiger partial charge in [-0.05, 0) is 35.7 Å². The molecule has 0 aliphatic heterocycles. The van der Waals surface area contributed by atoms with Gasteiger partial charge in [-0.2, -0.15) is 5.10 Å². The first-order valence-electron chi connectivity index (χ1n) is 8.69. The van der Waals surface area contributed by atoms with Crippen LogP contribution in [0.3, 0.4) is 0 Å². The number of aromatic nitrogens is 2.